The normalized spacial score (nSPS) is 18.5. The number of aliphatic hydroxyl groups is 1. The maximum atomic E-state index is 13.9. The fourth-order valence-corrected chi connectivity index (χ4v) is 1.45. The van der Waals surface area contributed by atoms with Crippen LogP contribution in [0.5, 0.6) is 0 Å². The molecule has 0 aromatic carbocycles. The first-order chi connectivity index (χ1) is 14.1. The minimum absolute atomic E-state index is 0.581. The van der Waals surface area contributed by atoms with E-state index in [9.17, 15) is 79.4 Å². The Kier molecular flexibility index (Phi) is 8.26. The molecule has 5 nitrogen and oxygen atoms in total. The zero-order valence-corrected chi connectivity index (χ0v) is 14.5. The summed E-state index contributed by atoms with van der Waals surface area (Å²) in [6.07, 6.45) is -38.6. The lowest BCUT2D eigenvalue weighted by atomic mass is 10.2. The van der Waals surface area contributed by atoms with Gasteiger partial charge in [0.05, 0.1) is 6.61 Å². The van der Waals surface area contributed by atoms with Crippen LogP contribution in [0.25, 0.3) is 0 Å². The van der Waals surface area contributed by atoms with Crippen molar-refractivity contribution in [3.8, 4) is 0 Å². The summed E-state index contributed by atoms with van der Waals surface area (Å²) in [6.45, 7) is -2.84. The van der Waals surface area contributed by atoms with Gasteiger partial charge in [0.2, 0.25) is 0 Å². The lowest BCUT2D eigenvalue weighted by Gasteiger charge is -2.40. The quantitative estimate of drug-likeness (QED) is 0.436. The molecule has 0 saturated heterocycles. The zero-order chi connectivity index (χ0) is 27.1. The molecule has 0 aliphatic heterocycles. The van der Waals surface area contributed by atoms with Crippen LogP contribution in [0, 0.1) is 0 Å². The molecule has 2 N–H and O–H groups in total. The molecule has 0 aromatic rings. The van der Waals surface area contributed by atoms with Gasteiger partial charge in [-0.2, -0.15) is 74.6 Å². The van der Waals surface area contributed by atoms with Crippen molar-refractivity contribution < 1.29 is 94.0 Å². The van der Waals surface area contributed by atoms with E-state index in [1.165, 1.54) is 4.74 Å². The smallest absolute Gasteiger partial charge is 0.395 e. The van der Waals surface area contributed by atoms with Crippen molar-refractivity contribution in [2.75, 3.05) is 13.2 Å². The van der Waals surface area contributed by atoms with Gasteiger partial charge < -0.3 is 10.4 Å². The van der Waals surface area contributed by atoms with Crippen LogP contribution in [0.15, 0.2) is 0 Å². The van der Waals surface area contributed by atoms with Crippen LogP contribution in [0.2, 0.25) is 0 Å². The Morgan fingerprint density at radius 3 is 1.36 bits per heavy atom. The molecule has 0 spiro atoms. The van der Waals surface area contributed by atoms with E-state index in [1.807, 2.05) is 0 Å². The number of aliphatic hydroxyl groups excluding tert-OH is 1. The molecule has 0 rings (SSSR count). The van der Waals surface area contributed by atoms with Crippen LogP contribution < -0.4 is 5.32 Å². The maximum Gasteiger partial charge on any atom is 0.462 e. The molecule has 22 heteroatoms. The Balaban J connectivity index is 6.67. The Bertz CT molecular complexity index is 701. The van der Waals surface area contributed by atoms with Gasteiger partial charge in [-0.1, -0.05) is 0 Å². The third-order valence-corrected chi connectivity index (χ3v) is 3.05. The van der Waals surface area contributed by atoms with Gasteiger partial charge in [0, 0.05) is 6.54 Å². The van der Waals surface area contributed by atoms with Crippen LogP contribution in [0.3, 0.4) is 0 Å². The third kappa shape index (κ3) is 5.63. The molecule has 1 amide bonds. The molecule has 0 aliphatic rings. The summed E-state index contributed by atoms with van der Waals surface area (Å²) in [6, 6.07) is 0. The lowest BCUT2D eigenvalue weighted by molar-refractivity contribution is -0.548. The first-order valence-corrected chi connectivity index (χ1v) is 7.15. The van der Waals surface area contributed by atoms with Crippen LogP contribution in [-0.4, -0.2) is 72.5 Å². The topological polar surface area (TPSA) is 67.8 Å². The second kappa shape index (κ2) is 8.74. The molecule has 0 saturated carbocycles. The van der Waals surface area contributed by atoms with Crippen LogP contribution in [0.4, 0.5) is 74.6 Å². The highest BCUT2D eigenvalue weighted by atomic mass is 19.4. The largest absolute Gasteiger partial charge is 0.462 e. The molecule has 0 aliphatic carbocycles. The first-order valence-electron chi connectivity index (χ1n) is 7.15. The first kappa shape index (κ1) is 31.2. The van der Waals surface area contributed by atoms with Crippen LogP contribution >= 0.6 is 0 Å². The fourth-order valence-electron chi connectivity index (χ4n) is 1.45. The molecule has 2 atom stereocenters. The van der Waals surface area contributed by atoms with Gasteiger partial charge in [-0.15, -0.1) is 0 Å². The number of carbonyl (C=O) groups is 1. The van der Waals surface area contributed by atoms with E-state index in [2.05, 4.69) is 0 Å². The van der Waals surface area contributed by atoms with E-state index in [0.717, 1.165) is 0 Å². The molecule has 0 heterocycles. The van der Waals surface area contributed by atoms with Crippen molar-refractivity contribution in [1.82, 2.24) is 5.32 Å². The zero-order valence-electron chi connectivity index (χ0n) is 14.5. The molecule has 0 fully saturated rings. The summed E-state index contributed by atoms with van der Waals surface area (Å²) in [7, 11) is 0. The number of hydrogen-bond acceptors (Lipinski definition) is 4. The molecule has 0 bridgehead atoms. The van der Waals surface area contributed by atoms with Crippen LogP contribution in [0.1, 0.15) is 0 Å². The highest BCUT2D eigenvalue weighted by Gasteiger charge is 2.85. The number of amides is 1. The standard InChI is InChI=1S/C11H6F17NO4/c12-4(7(16,17)18,3(31)29-1-2-30)32-11(27,28)6(15,9(22,23)24)33-10(25,26)5(13,14)8(19,20)21/h30H,1-2H2,(H,29,31)/t4-,6+/m1/s1. The Morgan fingerprint density at radius 1 is 0.636 bits per heavy atom. The van der Waals surface area contributed by atoms with Crippen molar-refractivity contribution in [2.45, 2.75) is 48.4 Å². The van der Waals surface area contributed by atoms with Crippen molar-refractivity contribution >= 4 is 5.91 Å². The Hall–Kier alpha value is -1.84. The van der Waals surface area contributed by atoms with Crippen molar-refractivity contribution in [1.29, 1.82) is 0 Å². The minimum Gasteiger partial charge on any atom is -0.395 e. The second-order valence-corrected chi connectivity index (χ2v) is 5.48. The lowest BCUT2D eigenvalue weighted by Crippen LogP contribution is -2.68. The van der Waals surface area contributed by atoms with Gasteiger partial charge in [0.25, 0.3) is 5.91 Å². The van der Waals surface area contributed by atoms with Gasteiger partial charge in [0.15, 0.2) is 0 Å². The van der Waals surface area contributed by atoms with Crippen molar-refractivity contribution in [2.24, 2.45) is 0 Å². The van der Waals surface area contributed by atoms with Gasteiger partial charge in [-0.25, -0.2) is 0 Å². The van der Waals surface area contributed by atoms with E-state index >= 15 is 0 Å². The van der Waals surface area contributed by atoms with Gasteiger partial charge >= 0.3 is 48.4 Å². The number of rotatable bonds is 9. The molecule has 33 heavy (non-hydrogen) atoms. The molecule has 0 unspecified atom stereocenters. The van der Waals surface area contributed by atoms with E-state index in [1.54, 1.807) is 4.74 Å². The molecule has 0 aromatic heterocycles. The number of alkyl halides is 17. The predicted octanol–water partition coefficient (Wildman–Crippen LogP) is 3.97. The fraction of sp³-hybridized carbons (Fsp3) is 0.909. The minimum atomic E-state index is -8.06. The second-order valence-electron chi connectivity index (χ2n) is 5.48. The highest BCUT2D eigenvalue weighted by molar-refractivity contribution is 5.84. The number of ether oxygens (including phenoxy) is 2. The monoisotopic (exact) mass is 539 g/mol. The van der Waals surface area contributed by atoms with E-state index in [4.69, 9.17) is 5.11 Å². The summed E-state index contributed by atoms with van der Waals surface area (Å²) >= 11 is 0. The number of carbonyl (C=O) groups excluding carboxylic acids is 1. The Morgan fingerprint density at radius 2 is 1.06 bits per heavy atom. The Labute approximate surface area is 168 Å². The van der Waals surface area contributed by atoms with E-state index < -0.39 is 67.4 Å². The SMILES string of the molecule is O=C(NCCO)[C@@](F)(OC(F)(F)[C@@](F)(OC(F)(F)C(F)(F)C(F)(F)F)C(F)(F)F)C(F)(F)F. The molecular formula is C11H6F17NO4. The van der Waals surface area contributed by atoms with E-state index in [-0.39, 0.29) is 0 Å². The van der Waals surface area contributed by atoms with Crippen LogP contribution in [-0.2, 0) is 14.3 Å². The number of hydrogen-bond donors (Lipinski definition) is 2. The predicted molar refractivity (Wildman–Crippen MR) is 62.9 cm³/mol. The van der Waals surface area contributed by atoms with E-state index in [0.29, 0.717) is 5.32 Å². The highest BCUT2D eigenvalue weighted by Crippen LogP contribution is 2.56. The average Bonchev–Trinajstić information content (AvgIpc) is 2.55. The number of halogens is 17. The summed E-state index contributed by atoms with van der Waals surface area (Å²) in [5, 5.41) is 8.82. The van der Waals surface area contributed by atoms with Crippen molar-refractivity contribution in [3.63, 3.8) is 0 Å². The van der Waals surface area contributed by atoms with Crippen molar-refractivity contribution in [3.05, 3.63) is 0 Å². The third-order valence-electron chi connectivity index (χ3n) is 3.05. The molecule has 198 valence electrons. The summed E-state index contributed by atoms with van der Waals surface area (Å²) in [4.78, 5) is 11.1. The maximum absolute atomic E-state index is 13.9. The number of nitrogens with one attached hydrogen (secondary N) is 1. The summed E-state index contributed by atoms with van der Waals surface area (Å²) in [5.41, 5.74) is 0. The van der Waals surface area contributed by atoms with Gasteiger partial charge in [-0.05, 0) is 0 Å². The van der Waals surface area contributed by atoms with Gasteiger partial charge in [-0.3, -0.25) is 14.3 Å². The summed E-state index contributed by atoms with van der Waals surface area (Å²) in [5.74, 6) is -26.3. The molecular weight excluding hydrogens is 533 g/mol. The molecule has 0 radical (unpaired) electrons. The summed E-state index contributed by atoms with van der Waals surface area (Å²) < 4.78 is 221. The van der Waals surface area contributed by atoms with Gasteiger partial charge in [0.1, 0.15) is 0 Å². The average molecular weight is 539 g/mol.